The molecule has 0 heterocycles. The number of hydrogen-bond donors (Lipinski definition) is 5. The van der Waals surface area contributed by atoms with E-state index in [-0.39, 0.29) is 5.03 Å². The van der Waals surface area contributed by atoms with Gasteiger partial charge in [0.25, 0.3) is 0 Å². The smallest absolute Gasteiger partial charge is 0.346 e. The molecule has 0 aliphatic heterocycles. The van der Waals surface area contributed by atoms with E-state index in [0.717, 1.165) is 0 Å². The lowest BCUT2D eigenvalue weighted by Crippen LogP contribution is -2.37. The summed E-state index contributed by atoms with van der Waals surface area (Å²) in [5.74, 6) is -1.17. The van der Waals surface area contributed by atoms with E-state index in [1.54, 1.807) is 0 Å². The number of carboxylic acids is 1. The first-order chi connectivity index (χ1) is 6.89. The first-order valence-corrected chi connectivity index (χ1v) is 4.28. The third-order valence-electron chi connectivity index (χ3n) is 1.57. The Morgan fingerprint density at radius 1 is 1.07 bits per heavy atom. The minimum absolute atomic E-state index is 0.352. The number of aliphatic hydroxyl groups excluding tert-OH is 4. The molecule has 0 amide bonds. The largest absolute Gasteiger partial charge is 0.477 e. The van der Waals surface area contributed by atoms with Crippen LogP contribution in [0.2, 0.25) is 0 Å². The molecule has 0 fully saturated rings. The van der Waals surface area contributed by atoms with Crippen LogP contribution >= 0.6 is 11.6 Å². The van der Waals surface area contributed by atoms with Crippen molar-refractivity contribution in [1.82, 2.24) is 0 Å². The number of aliphatic hydroxyl groups is 4. The van der Waals surface area contributed by atoms with Crippen LogP contribution < -0.4 is 0 Å². The van der Waals surface area contributed by atoms with Crippen LogP contribution in [0, 0.1) is 5.41 Å². The van der Waals surface area contributed by atoms with Crippen molar-refractivity contribution < 1.29 is 30.3 Å². The predicted molar refractivity (Wildman–Crippen MR) is 53.4 cm³/mol. The minimum atomic E-state index is -1.17. The third kappa shape index (κ3) is 7.29. The van der Waals surface area contributed by atoms with Crippen molar-refractivity contribution in [3.63, 3.8) is 0 Å². The summed E-state index contributed by atoms with van der Waals surface area (Å²) in [4.78, 5) is 9.47. The molecule has 0 unspecified atom stereocenters. The van der Waals surface area contributed by atoms with E-state index >= 15 is 0 Å². The molecule has 90 valence electrons. The standard InChI is InChI=1S/C5H12O4.C3H3ClO2/c6-1-5(2-7,3-8)4-9;1-2(4)3(5)6/h6-9H,1-4H2;1H2,(H,5,6). The van der Waals surface area contributed by atoms with Crippen molar-refractivity contribution in [2.45, 2.75) is 0 Å². The molecule has 5 N–H and O–H groups in total. The summed E-state index contributed by atoms with van der Waals surface area (Å²) in [5.41, 5.74) is -1.11. The van der Waals surface area contributed by atoms with Gasteiger partial charge < -0.3 is 25.5 Å². The summed E-state index contributed by atoms with van der Waals surface area (Å²) in [7, 11) is 0. The Bertz CT molecular complexity index is 172. The first kappa shape index (κ1) is 16.8. The van der Waals surface area contributed by atoms with E-state index in [0.29, 0.717) is 0 Å². The molecular weight excluding hydrogens is 228 g/mol. The highest BCUT2D eigenvalue weighted by Crippen LogP contribution is 2.11. The van der Waals surface area contributed by atoms with Gasteiger partial charge in [-0.1, -0.05) is 18.2 Å². The number of hydrogen-bond acceptors (Lipinski definition) is 5. The number of halogens is 1. The lowest BCUT2D eigenvalue weighted by molar-refractivity contribution is -0.131. The molecule has 0 saturated heterocycles. The second kappa shape index (κ2) is 8.63. The minimum Gasteiger partial charge on any atom is -0.477 e. The SMILES string of the molecule is C=C(Cl)C(=O)O.OCC(CO)(CO)CO. The number of aliphatic carboxylic acids is 1. The monoisotopic (exact) mass is 242 g/mol. The zero-order valence-corrected chi connectivity index (χ0v) is 8.81. The Morgan fingerprint density at radius 3 is 1.27 bits per heavy atom. The van der Waals surface area contributed by atoms with E-state index in [4.69, 9.17) is 37.1 Å². The number of rotatable bonds is 5. The molecule has 15 heavy (non-hydrogen) atoms. The van der Waals surface area contributed by atoms with Crippen LogP contribution in [0.3, 0.4) is 0 Å². The van der Waals surface area contributed by atoms with Gasteiger partial charge in [-0.15, -0.1) is 0 Å². The Morgan fingerprint density at radius 2 is 1.27 bits per heavy atom. The van der Waals surface area contributed by atoms with Crippen molar-refractivity contribution in [3.05, 3.63) is 11.6 Å². The van der Waals surface area contributed by atoms with Crippen LogP contribution in [-0.2, 0) is 4.79 Å². The Labute approximate surface area is 92.0 Å². The lowest BCUT2D eigenvalue weighted by atomic mass is 9.93. The molecule has 0 rings (SSSR count). The maximum Gasteiger partial charge on any atom is 0.346 e. The van der Waals surface area contributed by atoms with Crippen LogP contribution in [0.1, 0.15) is 0 Å². The molecule has 6 nitrogen and oxygen atoms in total. The second-order valence-corrected chi connectivity index (χ2v) is 3.30. The summed E-state index contributed by atoms with van der Waals surface area (Å²) >= 11 is 4.82. The quantitative estimate of drug-likeness (QED) is 0.385. The zero-order valence-electron chi connectivity index (χ0n) is 8.06. The van der Waals surface area contributed by atoms with Gasteiger partial charge in [0.1, 0.15) is 5.03 Å². The molecule has 0 aromatic rings. The van der Waals surface area contributed by atoms with Crippen molar-refractivity contribution in [2.75, 3.05) is 26.4 Å². The summed E-state index contributed by atoms with van der Waals surface area (Å²) in [6.45, 7) is 1.30. The molecular formula is C8H15ClO6. The molecule has 0 radical (unpaired) electrons. The Kier molecular flexibility index (Phi) is 9.64. The highest BCUT2D eigenvalue weighted by Gasteiger charge is 2.26. The topological polar surface area (TPSA) is 118 Å². The van der Waals surface area contributed by atoms with Crippen LogP contribution in [-0.4, -0.2) is 57.9 Å². The van der Waals surface area contributed by atoms with Gasteiger partial charge in [0.2, 0.25) is 0 Å². The van der Waals surface area contributed by atoms with Crippen LogP contribution in [0.4, 0.5) is 0 Å². The highest BCUT2D eigenvalue weighted by atomic mass is 35.5. The Balaban J connectivity index is 0. The van der Waals surface area contributed by atoms with Gasteiger partial charge in [-0.2, -0.15) is 0 Å². The van der Waals surface area contributed by atoms with E-state index in [2.05, 4.69) is 6.58 Å². The molecule has 0 aliphatic rings. The zero-order chi connectivity index (χ0) is 12.5. The number of carbonyl (C=O) groups is 1. The first-order valence-electron chi connectivity index (χ1n) is 3.90. The van der Waals surface area contributed by atoms with Gasteiger partial charge in [-0.25, -0.2) is 4.79 Å². The van der Waals surface area contributed by atoms with E-state index in [1.165, 1.54) is 0 Å². The lowest BCUT2D eigenvalue weighted by Gasteiger charge is -2.23. The van der Waals surface area contributed by atoms with Crippen molar-refractivity contribution in [1.29, 1.82) is 0 Å². The molecule has 0 aromatic heterocycles. The normalized spacial score (nSPS) is 10.2. The van der Waals surface area contributed by atoms with Gasteiger partial charge in [0, 0.05) is 0 Å². The van der Waals surface area contributed by atoms with Crippen LogP contribution in [0.15, 0.2) is 11.6 Å². The maximum atomic E-state index is 9.47. The van der Waals surface area contributed by atoms with E-state index < -0.39 is 37.8 Å². The van der Waals surface area contributed by atoms with Gasteiger partial charge >= 0.3 is 5.97 Å². The fourth-order valence-electron chi connectivity index (χ4n) is 0.300. The van der Waals surface area contributed by atoms with Gasteiger partial charge in [0.15, 0.2) is 0 Å². The number of carboxylic acid groups (broad SMARTS) is 1. The van der Waals surface area contributed by atoms with Crippen LogP contribution in [0.5, 0.6) is 0 Å². The van der Waals surface area contributed by atoms with Crippen molar-refractivity contribution in [2.24, 2.45) is 5.41 Å². The summed E-state index contributed by atoms with van der Waals surface area (Å²) in [5, 5.41) is 41.4. The predicted octanol–water partition coefficient (Wildman–Crippen LogP) is -1.23. The molecule has 0 spiro atoms. The molecule has 0 saturated carbocycles. The summed E-state index contributed by atoms with van der Waals surface area (Å²) < 4.78 is 0. The summed E-state index contributed by atoms with van der Waals surface area (Å²) in [6.07, 6.45) is 0. The van der Waals surface area contributed by atoms with Crippen LogP contribution in [0.25, 0.3) is 0 Å². The van der Waals surface area contributed by atoms with Crippen molar-refractivity contribution in [3.8, 4) is 0 Å². The highest BCUT2D eigenvalue weighted by molar-refractivity contribution is 6.40. The summed E-state index contributed by atoms with van der Waals surface area (Å²) in [6, 6.07) is 0. The van der Waals surface area contributed by atoms with Gasteiger partial charge in [0.05, 0.1) is 31.8 Å². The van der Waals surface area contributed by atoms with E-state index in [1.807, 2.05) is 0 Å². The fourth-order valence-corrected chi connectivity index (χ4v) is 0.300. The second-order valence-electron chi connectivity index (χ2n) is 2.84. The molecule has 0 bridgehead atoms. The maximum absolute atomic E-state index is 9.47. The Hall–Kier alpha value is -0.660. The molecule has 7 heteroatoms. The van der Waals surface area contributed by atoms with Gasteiger partial charge in [-0.3, -0.25) is 0 Å². The molecule has 0 atom stereocenters. The molecule has 0 aromatic carbocycles. The fraction of sp³-hybridized carbons (Fsp3) is 0.625. The van der Waals surface area contributed by atoms with Crippen molar-refractivity contribution >= 4 is 17.6 Å². The van der Waals surface area contributed by atoms with Gasteiger partial charge in [-0.05, 0) is 0 Å². The third-order valence-corrected chi connectivity index (χ3v) is 1.74. The average Bonchev–Trinajstić information content (AvgIpc) is 2.23. The average molecular weight is 243 g/mol. The molecule has 0 aliphatic carbocycles. The van der Waals surface area contributed by atoms with E-state index in [9.17, 15) is 4.79 Å².